The second-order valence-corrected chi connectivity index (χ2v) is 5.02. The second kappa shape index (κ2) is 6.56. The Morgan fingerprint density at radius 2 is 2.11 bits per heavy atom. The van der Waals surface area contributed by atoms with Gasteiger partial charge in [-0.3, -0.25) is 9.69 Å². The van der Waals surface area contributed by atoms with Crippen molar-refractivity contribution >= 4 is 5.97 Å². The summed E-state index contributed by atoms with van der Waals surface area (Å²) in [5, 5.41) is 8.46. The summed E-state index contributed by atoms with van der Waals surface area (Å²) < 4.78 is 43.9. The Hall–Kier alpha value is -0.820. The first-order valence-corrected chi connectivity index (χ1v) is 6.39. The number of aliphatic carboxylic acids is 1. The van der Waals surface area contributed by atoms with Crippen molar-refractivity contribution in [2.75, 3.05) is 13.2 Å². The van der Waals surface area contributed by atoms with Crippen molar-refractivity contribution in [2.24, 2.45) is 0 Å². The van der Waals surface area contributed by atoms with Crippen molar-refractivity contribution in [3.05, 3.63) is 0 Å². The van der Waals surface area contributed by atoms with Crippen molar-refractivity contribution in [1.29, 1.82) is 0 Å². The zero-order chi connectivity index (χ0) is 14.6. The molecule has 19 heavy (non-hydrogen) atoms. The van der Waals surface area contributed by atoms with Crippen LogP contribution in [0.4, 0.5) is 13.2 Å². The van der Waals surface area contributed by atoms with Crippen molar-refractivity contribution in [2.45, 2.75) is 57.5 Å². The number of likely N-dealkylation sites (tertiary alicyclic amines) is 1. The van der Waals surface area contributed by atoms with E-state index in [2.05, 4.69) is 0 Å². The monoisotopic (exact) mass is 283 g/mol. The minimum atomic E-state index is -4.47. The largest absolute Gasteiger partial charge is 0.481 e. The lowest BCUT2D eigenvalue weighted by molar-refractivity contribution is -0.237. The van der Waals surface area contributed by atoms with Crippen LogP contribution in [0.25, 0.3) is 0 Å². The summed E-state index contributed by atoms with van der Waals surface area (Å²) in [7, 11) is 0. The molecule has 0 aromatic carbocycles. The van der Waals surface area contributed by atoms with Gasteiger partial charge in [-0.25, -0.2) is 0 Å². The van der Waals surface area contributed by atoms with E-state index < -0.39 is 37.3 Å². The summed E-state index contributed by atoms with van der Waals surface area (Å²) in [6.07, 6.45) is -5.66. The van der Waals surface area contributed by atoms with Crippen LogP contribution in [0.3, 0.4) is 0 Å². The summed E-state index contributed by atoms with van der Waals surface area (Å²) in [4.78, 5) is 12.1. The van der Waals surface area contributed by atoms with E-state index >= 15 is 0 Å². The highest BCUT2D eigenvalue weighted by molar-refractivity contribution is 5.66. The van der Waals surface area contributed by atoms with E-state index in [9.17, 15) is 18.0 Å². The number of carboxylic acids is 1. The number of ether oxygens (including phenoxy) is 1. The molecule has 0 radical (unpaired) electrons. The lowest BCUT2D eigenvalue weighted by Crippen LogP contribution is -2.50. The molecular formula is C12H20F3NO3. The quantitative estimate of drug-likeness (QED) is 0.812. The number of nitrogens with zero attached hydrogens (tertiary/aromatic N) is 1. The fourth-order valence-electron chi connectivity index (χ4n) is 2.48. The number of carbonyl (C=O) groups is 1. The topological polar surface area (TPSA) is 49.8 Å². The van der Waals surface area contributed by atoms with Crippen molar-refractivity contribution in [1.82, 2.24) is 4.90 Å². The van der Waals surface area contributed by atoms with Crippen LogP contribution in [0.2, 0.25) is 0 Å². The number of halogens is 3. The molecule has 7 heteroatoms. The normalized spacial score (nSPS) is 22.9. The highest BCUT2D eigenvalue weighted by atomic mass is 19.4. The summed E-state index contributed by atoms with van der Waals surface area (Å²) in [5.74, 6) is -1.16. The molecule has 0 aliphatic carbocycles. The SMILES string of the molecule is CC(C)N1CCC[C@H]1[C@@H](OCCC(=O)O)C(F)(F)F. The maximum absolute atomic E-state index is 13.0. The van der Waals surface area contributed by atoms with E-state index in [0.717, 1.165) is 0 Å². The van der Waals surface area contributed by atoms with Gasteiger partial charge in [0, 0.05) is 12.1 Å². The van der Waals surface area contributed by atoms with Gasteiger partial charge in [0.25, 0.3) is 0 Å². The smallest absolute Gasteiger partial charge is 0.416 e. The van der Waals surface area contributed by atoms with Crippen LogP contribution >= 0.6 is 0 Å². The summed E-state index contributed by atoms with van der Waals surface area (Å²) in [6, 6.07) is -0.700. The molecule has 0 aromatic heterocycles. The predicted molar refractivity (Wildman–Crippen MR) is 62.9 cm³/mol. The number of hydrogen-bond acceptors (Lipinski definition) is 3. The van der Waals surface area contributed by atoms with E-state index in [-0.39, 0.29) is 6.04 Å². The van der Waals surface area contributed by atoms with Gasteiger partial charge >= 0.3 is 12.1 Å². The number of rotatable bonds is 6. The third kappa shape index (κ3) is 4.65. The molecule has 0 spiro atoms. The van der Waals surface area contributed by atoms with Gasteiger partial charge in [0.1, 0.15) is 0 Å². The molecule has 1 aliphatic rings. The number of carboxylic acid groups (broad SMARTS) is 1. The van der Waals surface area contributed by atoms with Gasteiger partial charge in [-0.15, -0.1) is 0 Å². The fourth-order valence-corrected chi connectivity index (χ4v) is 2.48. The standard InChI is InChI=1S/C12H20F3NO3/c1-8(2)16-6-3-4-9(16)11(12(13,14)15)19-7-5-10(17)18/h8-9,11H,3-7H2,1-2H3,(H,17,18)/t9-,11+/m0/s1. The Morgan fingerprint density at radius 3 is 2.58 bits per heavy atom. The van der Waals surface area contributed by atoms with Crippen LogP contribution in [0, 0.1) is 0 Å². The second-order valence-electron chi connectivity index (χ2n) is 5.02. The van der Waals surface area contributed by atoms with Gasteiger partial charge in [-0.1, -0.05) is 0 Å². The fraction of sp³-hybridized carbons (Fsp3) is 0.917. The molecule has 1 saturated heterocycles. The Balaban J connectivity index is 2.70. The minimum absolute atomic E-state index is 0.0143. The highest BCUT2D eigenvalue weighted by Crippen LogP contribution is 2.33. The van der Waals surface area contributed by atoms with E-state index in [1.165, 1.54) is 0 Å². The molecule has 0 saturated carbocycles. The Kier molecular flexibility index (Phi) is 5.61. The summed E-state index contributed by atoms with van der Waals surface area (Å²) in [6.45, 7) is 3.91. The van der Waals surface area contributed by atoms with E-state index in [1.807, 2.05) is 13.8 Å². The third-order valence-corrected chi connectivity index (χ3v) is 3.29. The molecular weight excluding hydrogens is 263 g/mol. The first-order chi connectivity index (χ1) is 8.73. The van der Waals surface area contributed by atoms with Gasteiger partial charge in [0.2, 0.25) is 0 Å². The molecule has 2 atom stereocenters. The summed E-state index contributed by atoms with van der Waals surface area (Å²) >= 11 is 0. The van der Waals surface area contributed by atoms with E-state index in [4.69, 9.17) is 9.84 Å². The van der Waals surface area contributed by atoms with Crippen molar-refractivity contribution in [3.8, 4) is 0 Å². The van der Waals surface area contributed by atoms with Crippen LogP contribution in [-0.2, 0) is 9.53 Å². The Labute approximate surface area is 110 Å². The zero-order valence-electron chi connectivity index (χ0n) is 11.1. The molecule has 4 nitrogen and oxygen atoms in total. The Bertz CT molecular complexity index is 307. The molecule has 0 aromatic rings. The average Bonchev–Trinajstić information content (AvgIpc) is 2.70. The highest BCUT2D eigenvalue weighted by Gasteiger charge is 2.49. The van der Waals surface area contributed by atoms with Crippen molar-refractivity contribution in [3.63, 3.8) is 0 Å². The van der Waals surface area contributed by atoms with Crippen molar-refractivity contribution < 1.29 is 27.8 Å². The van der Waals surface area contributed by atoms with Crippen LogP contribution in [-0.4, -0.2) is 53.5 Å². The van der Waals surface area contributed by atoms with Crippen LogP contribution in [0.15, 0.2) is 0 Å². The molecule has 1 rings (SSSR count). The predicted octanol–water partition coefficient (Wildman–Crippen LogP) is 2.28. The van der Waals surface area contributed by atoms with E-state index in [0.29, 0.717) is 19.4 Å². The molecule has 1 fully saturated rings. The number of hydrogen-bond donors (Lipinski definition) is 1. The van der Waals surface area contributed by atoms with E-state index in [1.54, 1.807) is 4.90 Å². The lowest BCUT2D eigenvalue weighted by Gasteiger charge is -2.35. The van der Waals surface area contributed by atoms with Gasteiger partial charge < -0.3 is 9.84 Å². The van der Waals surface area contributed by atoms with Crippen LogP contribution < -0.4 is 0 Å². The maximum atomic E-state index is 13.0. The molecule has 0 bridgehead atoms. The Morgan fingerprint density at radius 1 is 1.47 bits per heavy atom. The first kappa shape index (κ1) is 16.2. The first-order valence-electron chi connectivity index (χ1n) is 6.39. The van der Waals surface area contributed by atoms with Gasteiger partial charge in [-0.2, -0.15) is 13.2 Å². The average molecular weight is 283 g/mol. The minimum Gasteiger partial charge on any atom is -0.481 e. The molecule has 112 valence electrons. The van der Waals surface area contributed by atoms with Gasteiger partial charge in [0.15, 0.2) is 6.10 Å². The third-order valence-electron chi connectivity index (χ3n) is 3.29. The maximum Gasteiger partial charge on any atom is 0.416 e. The van der Waals surface area contributed by atoms with Gasteiger partial charge in [-0.05, 0) is 33.2 Å². The molecule has 1 heterocycles. The van der Waals surface area contributed by atoms with Crippen LogP contribution in [0.1, 0.15) is 33.1 Å². The lowest BCUT2D eigenvalue weighted by atomic mass is 10.1. The van der Waals surface area contributed by atoms with Crippen LogP contribution in [0.5, 0.6) is 0 Å². The summed E-state index contributed by atoms with van der Waals surface area (Å²) in [5.41, 5.74) is 0. The van der Waals surface area contributed by atoms with Gasteiger partial charge in [0.05, 0.1) is 13.0 Å². The molecule has 1 N–H and O–H groups in total. The molecule has 0 unspecified atom stereocenters. The molecule has 0 amide bonds. The zero-order valence-corrected chi connectivity index (χ0v) is 11.1. The molecule has 1 aliphatic heterocycles. The number of alkyl halides is 3.